The Hall–Kier alpha value is -2.83. The van der Waals surface area contributed by atoms with Gasteiger partial charge in [0, 0.05) is 17.1 Å². The molecule has 0 aliphatic heterocycles. The minimum absolute atomic E-state index is 0.104. The lowest BCUT2D eigenvalue weighted by atomic mass is 10.0. The van der Waals surface area contributed by atoms with Crippen LogP contribution in [-0.2, 0) is 13.2 Å². The van der Waals surface area contributed by atoms with Gasteiger partial charge in [-0.15, -0.1) is 0 Å². The number of hydrogen-bond acceptors (Lipinski definition) is 6. The van der Waals surface area contributed by atoms with Gasteiger partial charge < -0.3 is 21.9 Å². The summed E-state index contributed by atoms with van der Waals surface area (Å²) in [5, 5.41) is 0.636. The Morgan fingerprint density at radius 1 is 0.920 bits per heavy atom. The number of anilines is 2. The first kappa shape index (κ1) is 17.0. The second kappa shape index (κ2) is 7.38. The summed E-state index contributed by atoms with van der Waals surface area (Å²) in [6, 6.07) is 14.8. The summed E-state index contributed by atoms with van der Waals surface area (Å²) in [5.74, 6) is 1.11. The summed E-state index contributed by atoms with van der Waals surface area (Å²) in [6.45, 7) is 0.691. The maximum atomic E-state index is 6.07. The van der Waals surface area contributed by atoms with Crippen molar-refractivity contribution >= 4 is 23.4 Å². The van der Waals surface area contributed by atoms with Crippen LogP contribution in [0.4, 0.5) is 11.8 Å². The summed E-state index contributed by atoms with van der Waals surface area (Å²) in [4.78, 5) is 8.34. The lowest BCUT2D eigenvalue weighted by molar-refractivity contribution is 0.302. The van der Waals surface area contributed by atoms with Crippen LogP contribution in [0.2, 0.25) is 5.02 Å². The number of rotatable bonds is 5. The summed E-state index contributed by atoms with van der Waals surface area (Å²) < 4.78 is 5.82. The van der Waals surface area contributed by atoms with Gasteiger partial charge in [-0.05, 0) is 35.4 Å². The Morgan fingerprint density at radius 3 is 2.24 bits per heavy atom. The van der Waals surface area contributed by atoms with E-state index in [-0.39, 0.29) is 12.6 Å². The molecule has 0 radical (unpaired) electrons. The molecule has 25 heavy (non-hydrogen) atoms. The summed E-state index contributed by atoms with van der Waals surface area (Å²) in [5.41, 5.74) is 20.6. The summed E-state index contributed by atoms with van der Waals surface area (Å²) >= 11 is 5.95. The number of nitrogens with zero attached hydrogens (tertiary/aromatic N) is 2. The number of aromatic nitrogens is 2. The van der Waals surface area contributed by atoms with Gasteiger partial charge in [0.25, 0.3) is 0 Å². The van der Waals surface area contributed by atoms with E-state index in [1.807, 2.05) is 36.4 Å². The molecule has 2 aromatic carbocycles. The summed E-state index contributed by atoms with van der Waals surface area (Å²) in [6.07, 6.45) is 0. The first-order valence-corrected chi connectivity index (χ1v) is 8.04. The zero-order valence-electron chi connectivity index (χ0n) is 13.4. The Labute approximate surface area is 150 Å². The molecule has 3 aromatic rings. The fourth-order valence-electron chi connectivity index (χ4n) is 2.46. The topological polar surface area (TPSA) is 113 Å². The van der Waals surface area contributed by atoms with Crippen LogP contribution in [0, 0.1) is 0 Å². The molecular weight excluding hydrogens is 338 g/mol. The van der Waals surface area contributed by atoms with Crippen molar-refractivity contribution in [3.8, 4) is 16.9 Å². The number of halogens is 1. The monoisotopic (exact) mass is 355 g/mol. The van der Waals surface area contributed by atoms with E-state index >= 15 is 0 Å². The number of benzene rings is 2. The minimum Gasteiger partial charge on any atom is -0.487 e. The normalized spacial score (nSPS) is 10.6. The summed E-state index contributed by atoms with van der Waals surface area (Å²) in [7, 11) is 0. The molecule has 128 valence electrons. The molecule has 6 N–H and O–H groups in total. The molecule has 0 saturated heterocycles. The van der Waals surface area contributed by atoms with E-state index in [1.165, 1.54) is 0 Å². The molecule has 0 atom stereocenters. The highest BCUT2D eigenvalue weighted by Crippen LogP contribution is 2.30. The molecule has 0 aliphatic carbocycles. The molecule has 0 fully saturated rings. The first-order chi connectivity index (χ1) is 12.1. The molecule has 0 unspecified atom stereocenters. The van der Waals surface area contributed by atoms with Crippen molar-refractivity contribution in [2.24, 2.45) is 5.73 Å². The van der Waals surface area contributed by atoms with E-state index < -0.39 is 0 Å². The lowest BCUT2D eigenvalue weighted by Gasteiger charge is -2.13. The average molecular weight is 356 g/mol. The van der Waals surface area contributed by atoms with Crippen LogP contribution in [0.25, 0.3) is 11.1 Å². The molecule has 7 heteroatoms. The van der Waals surface area contributed by atoms with Gasteiger partial charge in [-0.3, -0.25) is 0 Å². The molecule has 6 nitrogen and oxygen atoms in total. The Bertz CT molecular complexity index is 866. The fraction of sp³-hybridized carbons (Fsp3) is 0.111. The molecule has 0 amide bonds. The van der Waals surface area contributed by atoms with E-state index in [9.17, 15) is 0 Å². The van der Waals surface area contributed by atoms with Crippen LogP contribution in [-0.4, -0.2) is 9.97 Å². The first-order valence-electron chi connectivity index (χ1n) is 7.66. The maximum Gasteiger partial charge on any atom is 0.222 e. The third-order valence-electron chi connectivity index (χ3n) is 3.70. The Morgan fingerprint density at radius 2 is 1.60 bits per heavy atom. The van der Waals surface area contributed by atoms with Crippen molar-refractivity contribution in [3.05, 3.63) is 64.8 Å². The molecule has 0 spiro atoms. The highest BCUT2D eigenvalue weighted by molar-refractivity contribution is 6.30. The smallest absolute Gasteiger partial charge is 0.222 e. The minimum atomic E-state index is 0.104. The van der Waals surface area contributed by atoms with Crippen LogP contribution in [0.3, 0.4) is 0 Å². The molecule has 0 aliphatic rings. The predicted molar refractivity (Wildman–Crippen MR) is 100.0 cm³/mol. The number of hydrogen-bond donors (Lipinski definition) is 3. The van der Waals surface area contributed by atoms with Gasteiger partial charge in [-0.25, -0.2) is 4.98 Å². The molecular formula is C18H18ClN5O. The highest BCUT2D eigenvalue weighted by atomic mass is 35.5. The highest BCUT2D eigenvalue weighted by Gasteiger charge is 2.14. The van der Waals surface area contributed by atoms with Crippen molar-refractivity contribution in [2.75, 3.05) is 11.5 Å². The van der Waals surface area contributed by atoms with Crippen LogP contribution < -0.4 is 21.9 Å². The van der Waals surface area contributed by atoms with Crippen LogP contribution in [0.15, 0.2) is 48.5 Å². The fourth-order valence-corrected chi connectivity index (χ4v) is 2.58. The Kier molecular flexibility index (Phi) is 5.02. The van der Waals surface area contributed by atoms with Crippen LogP contribution in [0.5, 0.6) is 5.75 Å². The lowest BCUT2D eigenvalue weighted by Crippen LogP contribution is -2.09. The Balaban J connectivity index is 1.90. The molecule has 0 saturated carbocycles. The molecule has 3 rings (SSSR count). The number of ether oxygens (including phenoxy) is 1. The van der Waals surface area contributed by atoms with Gasteiger partial charge in [-0.1, -0.05) is 35.9 Å². The largest absolute Gasteiger partial charge is 0.487 e. The zero-order valence-corrected chi connectivity index (χ0v) is 14.2. The predicted octanol–water partition coefficient (Wildman–Crippen LogP) is 3.00. The third kappa shape index (κ3) is 3.99. The van der Waals surface area contributed by atoms with Crippen molar-refractivity contribution in [2.45, 2.75) is 13.2 Å². The quantitative estimate of drug-likeness (QED) is 0.648. The van der Waals surface area contributed by atoms with Gasteiger partial charge in [0.15, 0.2) is 0 Å². The van der Waals surface area contributed by atoms with Crippen molar-refractivity contribution in [3.63, 3.8) is 0 Å². The molecule has 0 bridgehead atoms. The average Bonchev–Trinajstić information content (AvgIpc) is 2.61. The second-order valence-corrected chi connectivity index (χ2v) is 5.87. The van der Waals surface area contributed by atoms with Crippen molar-refractivity contribution in [1.82, 2.24) is 9.97 Å². The second-order valence-electron chi connectivity index (χ2n) is 5.43. The van der Waals surface area contributed by atoms with E-state index in [1.54, 1.807) is 12.1 Å². The van der Waals surface area contributed by atoms with Crippen molar-refractivity contribution in [1.29, 1.82) is 0 Å². The molecule has 1 heterocycles. The van der Waals surface area contributed by atoms with E-state index in [0.717, 1.165) is 11.1 Å². The van der Waals surface area contributed by atoms with E-state index in [0.29, 0.717) is 34.4 Å². The van der Waals surface area contributed by atoms with Crippen LogP contribution in [0.1, 0.15) is 11.3 Å². The van der Waals surface area contributed by atoms with Gasteiger partial charge >= 0.3 is 0 Å². The maximum absolute atomic E-state index is 6.07. The van der Waals surface area contributed by atoms with Gasteiger partial charge in [0.05, 0.1) is 5.69 Å². The SMILES string of the molecule is NCc1ccc(OCc2nc(N)nc(N)c2-c2ccc(Cl)cc2)cc1. The van der Waals surface area contributed by atoms with Gasteiger partial charge in [-0.2, -0.15) is 4.98 Å². The van der Waals surface area contributed by atoms with Gasteiger partial charge in [0.1, 0.15) is 18.2 Å². The molecule has 1 aromatic heterocycles. The van der Waals surface area contributed by atoms with E-state index in [2.05, 4.69) is 9.97 Å². The van der Waals surface area contributed by atoms with E-state index in [4.69, 9.17) is 33.5 Å². The third-order valence-corrected chi connectivity index (χ3v) is 3.95. The standard InChI is InChI=1S/C18H18ClN5O/c19-13-5-3-12(4-6-13)16-15(23-18(22)24-17(16)21)10-25-14-7-1-11(9-20)2-8-14/h1-8H,9-10,20H2,(H4,21,22,23,24). The van der Waals surface area contributed by atoms with Crippen molar-refractivity contribution < 1.29 is 4.74 Å². The van der Waals surface area contributed by atoms with Crippen LogP contribution >= 0.6 is 11.6 Å². The van der Waals surface area contributed by atoms with Gasteiger partial charge in [0.2, 0.25) is 5.95 Å². The number of nitrogen functional groups attached to an aromatic ring is 2. The zero-order chi connectivity index (χ0) is 17.8. The number of nitrogens with two attached hydrogens (primary N) is 3.